The second-order valence-electron chi connectivity index (χ2n) is 5.43. The monoisotopic (exact) mass is 316 g/mol. The minimum Gasteiger partial charge on any atom is -0.392 e. The third kappa shape index (κ3) is 2.63. The van der Waals surface area contributed by atoms with Gasteiger partial charge < -0.3 is 15.5 Å². The number of aromatic nitrogens is 2. The quantitative estimate of drug-likeness (QED) is 0.750. The first-order valence-electron chi connectivity index (χ1n) is 7.32. The average molecular weight is 316 g/mol. The Labute approximate surface area is 132 Å². The maximum atomic E-state index is 5.95. The Morgan fingerprint density at radius 2 is 2.18 bits per heavy atom. The number of nitrogens with zero attached hydrogens (tertiary/aromatic N) is 3. The Hall–Kier alpha value is -1.83. The first-order chi connectivity index (χ1) is 10.8. The normalized spacial score (nSPS) is 19.5. The van der Waals surface area contributed by atoms with Crippen molar-refractivity contribution in [3.8, 4) is 0 Å². The van der Waals surface area contributed by atoms with Crippen LogP contribution in [0.3, 0.4) is 0 Å². The largest absolute Gasteiger partial charge is 0.392 e. The molecule has 6 nitrogen and oxygen atoms in total. The molecule has 2 aliphatic rings. The van der Waals surface area contributed by atoms with Crippen molar-refractivity contribution in [3.63, 3.8) is 0 Å². The number of hydrogen-bond donors (Lipinski definition) is 3. The van der Waals surface area contributed by atoms with E-state index in [1.165, 1.54) is 5.56 Å². The van der Waals surface area contributed by atoms with E-state index in [2.05, 4.69) is 38.1 Å². The van der Waals surface area contributed by atoms with Crippen LogP contribution in [0.5, 0.6) is 0 Å². The lowest BCUT2D eigenvalue weighted by Crippen LogP contribution is -2.35. The van der Waals surface area contributed by atoms with Crippen molar-refractivity contribution in [1.82, 2.24) is 14.9 Å². The van der Waals surface area contributed by atoms with E-state index in [1.54, 1.807) is 5.55 Å². The van der Waals surface area contributed by atoms with Crippen LogP contribution in [0.25, 0.3) is 16.7 Å². The molecule has 0 saturated carbocycles. The summed E-state index contributed by atoms with van der Waals surface area (Å²) in [5.41, 5.74) is 11.7. The van der Waals surface area contributed by atoms with Crippen LogP contribution in [0.2, 0.25) is 0 Å². The molecule has 0 spiro atoms. The van der Waals surface area contributed by atoms with Gasteiger partial charge in [-0.2, -0.15) is 0 Å². The van der Waals surface area contributed by atoms with Gasteiger partial charge in [0, 0.05) is 19.6 Å². The fourth-order valence-electron chi connectivity index (χ4n) is 2.74. The van der Waals surface area contributed by atoms with E-state index in [-0.39, 0.29) is 0 Å². The highest BCUT2D eigenvalue weighted by molar-refractivity contribution is 8.15. The van der Waals surface area contributed by atoms with Gasteiger partial charge in [-0.1, -0.05) is 6.07 Å². The number of nitrogens with two attached hydrogens (primary N) is 1. The average Bonchev–Trinajstić information content (AvgIpc) is 3.13. The minimum atomic E-state index is 0.743. The summed E-state index contributed by atoms with van der Waals surface area (Å²) in [6.45, 7) is 4.55. The number of rotatable bonds is 3. The molecule has 2 aromatic rings. The van der Waals surface area contributed by atoms with Crippen molar-refractivity contribution in [2.24, 2.45) is 10.7 Å². The minimum absolute atomic E-state index is 0.743. The molecule has 22 heavy (non-hydrogen) atoms. The zero-order chi connectivity index (χ0) is 14.9. The summed E-state index contributed by atoms with van der Waals surface area (Å²) in [7, 11) is 0. The number of hydrogen-bond acceptors (Lipinski definition) is 5. The van der Waals surface area contributed by atoms with Gasteiger partial charge >= 0.3 is 0 Å². The molecule has 2 aliphatic heterocycles. The number of imidazole rings is 1. The number of ether oxygens (including phenoxy) is 1. The van der Waals surface area contributed by atoms with Crippen LogP contribution < -0.4 is 5.73 Å². The highest BCUT2D eigenvalue weighted by Crippen LogP contribution is 2.28. The Kier molecular flexibility index (Phi) is 3.61. The predicted molar refractivity (Wildman–Crippen MR) is 90.8 cm³/mol. The number of nitrogens with one attached hydrogen (secondary N) is 1. The summed E-state index contributed by atoms with van der Waals surface area (Å²) < 4.78 is 5.39. The highest BCUT2D eigenvalue weighted by atomic mass is 32.2. The molecule has 3 heterocycles. The van der Waals surface area contributed by atoms with E-state index in [0.717, 1.165) is 72.2 Å². The Morgan fingerprint density at radius 1 is 1.32 bits per heavy atom. The van der Waals surface area contributed by atoms with Gasteiger partial charge in [-0.25, -0.2) is 9.98 Å². The Bertz CT molecular complexity index is 760. The topological polar surface area (TPSA) is 79.5 Å². The molecule has 0 unspecified atom stereocenters. The van der Waals surface area contributed by atoms with E-state index < -0.39 is 0 Å². The molecule has 1 aromatic heterocycles. The number of benzene rings is 1. The summed E-state index contributed by atoms with van der Waals surface area (Å²) in [4.78, 5) is 14.6. The predicted octanol–water partition coefficient (Wildman–Crippen LogP) is 1.49. The SMILES string of the molecule is NC1=C(c2nc3cc(CN4CCOCC4)ccc3[nH]2)N=C[SH]1. The van der Waals surface area contributed by atoms with Crippen molar-refractivity contribution in [3.05, 3.63) is 34.6 Å². The highest BCUT2D eigenvalue weighted by Gasteiger charge is 2.15. The lowest BCUT2D eigenvalue weighted by Gasteiger charge is -2.26. The van der Waals surface area contributed by atoms with Crippen LogP contribution in [0, 0.1) is 0 Å². The molecule has 1 saturated heterocycles. The van der Waals surface area contributed by atoms with Gasteiger partial charge in [-0.3, -0.25) is 4.90 Å². The molecule has 0 atom stereocenters. The summed E-state index contributed by atoms with van der Waals surface area (Å²) in [5, 5.41) is 0.743. The molecule has 1 fully saturated rings. The van der Waals surface area contributed by atoms with E-state index >= 15 is 0 Å². The summed E-state index contributed by atoms with van der Waals surface area (Å²) in [6, 6.07) is 6.36. The van der Waals surface area contributed by atoms with Crippen LogP contribution in [-0.4, -0.2) is 46.7 Å². The lowest BCUT2D eigenvalue weighted by molar-refractivity contribution is 0.0342. The first kappa shape index (κ1) is 13.8. The first-order valence-corrected chi connectivity index (χ1v) is 8.28. The van der Waals surface area contributed by atoms with Crippen molar-refractivity contribution >= 4 is 34.0 Å². The smallest absolute Gasteiger partial charge is 0.159 e. The van der Waals surface area contributed by atoms with Gasteiger partial charge in [-0.05, 0) is 17.7 Å². The molecule has 1 radical (unpaired) electrons. The molecule has 3 N–H and O–H groups in total. The zero-order valence-corrected chi connectivity index (χ0v) is 13.0. The van der Waals surface area contributed by atoms with Gasteiger partial charge in [0.05, 0.1) is 34.8 Å². The maximum absolute atomic E-state index is 5.95. The summed E-state index contributed by atoms with van der Waals surface area (Å²) in [5.74, 6) is 0.747. The number of morpholine rings is 1. The molecule has 0 aliphatic carbocycles. The Balaban J connectivity index is 1.60. The number of aliphatic imine (C=N–C) groups is 1. The second kappa shape index (κ2) is 5.75. The fraction of sp³-hybridized carbons (Fsp3) is 0.333. The summed E-state index contributed by atoms with van der Waals surface area (Å²) in [6.07, 6.45) is 0. The van der Waals surface area contributed by atoms with Crippen LogP contribution in [0.4, 0.5) is 0 Å². The van der Waals surface area contributed by atoms with Crippen molar-refractivity contribution in [1.29, 1.82) is 0 Å². The van der Waals surface area contributed by atoms with Crippen molar-refractivity contribution in [2.45, 2.75) is 6.54 Å². The van der Waals surface area contributed by atoms with Crippen molar-refractivity contribution < 1.29 is 4.74 Å². The molecule has 115 valence electrons. The van der Waals surface area contributed by atoms with Gasteiger partial charge in [-0.15, -0.1) is 11.8 Å². The lowest BCUT2D eigenvalue weighted by atomic mass is 10.2. The molecule has 0 bridgehead atoms. The van der Waals surface area contributed by atoms with Crippen LogP contribution in [-0.2, 0) is 11.3 Å². The van der Waals surface area contributed by atoms with E-state index in [4.69, 9.17) is 10.5 Å². The van der Waals surface area contributed by atoms with Gasteiger partial charge in [0.2, 0.25) is 0 Å². The standard InChI is InChI=1S/C15H18N5OS/c16-14-13(17-9-22-14)15-18-11-2-1-10(7-12(11)19-15)8-20-3-5-21-6-4-20/h1-2,7,9,22H,3-6,8,16H2,(H,18,19). The maximum Gasteiger partial charge on any atom is 0.159 e. The van der Waals surface area contributed by atoms with Crippen LogP contribution in [0.15, 0.2) is 28.2 Å². The van der Waals surface area contributed by atoms with Crippen LogP contribution >= 0.6 is 11.8 Å². The number of fused-ring (bicyclic) bond motifs is 1. The third-order valence-electron chi connectivity index (χ3n) is 3.91. The zero-order valence-electron chi connectivity index (χ0n) is 12.1. The molecule has 7 heteroatoms. The van der Waals surface area contributed by atoms with Gasteiger partial charge in [0.25, 0.3) is 0 Å². The number of aromatic amines is 1. The number of thiol groups is 1. The molecule has 0 amide bonds. The summed E-state index contributed by atoms with van der Waals surface area (Å²) >= 11 is 0.943. The second-order valence-corrected chi connectivity index (χ2v) is 6.40. The van der Waals surface area contributed by atoms with E-state index in [9.17, 15) is 0 Å². The van der Waals surface area contributed by atoms with Gasteiger partial charge in [0.15, 0.2) is 5.82 Å². The third-order valence-corrected chi connectivity index (χ3v) is 4.63. The fourth-order valence-corrected chi connectivity index (χ4v) is 3.32. The van der Waals surface area contributed by atoms with Crippen molar-refractivity contribution in [2.75, 3.05) is 26.3 Å². The van der Waals surface area contributed by atoms with Crippen LogP contribution in [0.1, 0.15) is 11.4 Å². The van der Waals surface area contributed by atoms with E-state index in [0.29, 0.717) is 0 Å². The molecule has 1 aromatic carbocycles. The van der Waals surface area contributed by atoms with E-state index in [1.807, 2.05) is 0 Å². The molecular formula is C15H18N5OS. The Morgan fingerprint density at radius 3 is 2.95 bits per heavy atom. The molecular weight excluding hydrogens is 298 g/mol. The molecule has 4 rings (SSSR count). The number of H-pyrrole nitrogens is 1. The van der Waals surface area contributed by atoms with Gasteiger partial charge in [0.1, 0.15) is 5.70 Å².